The molecular weight excluding hydrogens is 380 g/mol. The Balaban J connectivity index is 2.27. The van der Waals surface area contributed by atoms with Crippen LogP contribution in [0.3, 0.4) is 0 Å². The van der Waals surface area contributed by atoms with Crippen molar-refractivity contribution in [2.45, 2.75) is 24.8 Å². The highest BCUT2D eigenvalue weighted by molar-refractivity contribution is 7.89. The van der Waals surface area contributed by atoms with Crippen LogP contribution in [-0.4, -0.2) is 48.1 Å². The highest BCUT2D eigenvalue weighted by Gasteiger charge is 2.32. The molecule has 1 atom stereocenters. The Morgan fingerprint density at radius 2 is 1.57 bits per heavy atom. The number of nitrogens with zero attached hydrogens (tertiary/aromatic N) is 1. The first-order chi connectivity index (χ1) is 13.3. The lowest BCUT2D eigenvalue weighted by Gasteiger charge is -2.26. The average molecular weight is 402 g/mol. The molecule has 0 aromatic heterocycles. The highest BCUT2D eigenvalue weighted by Crippen LogP contribution is 2.19. The minimum atomic E-state index is -4.05. The smallest absolute Gasteiger partial charge is 0.261 e. The van der Waals surface area contributed by atoms with Crippen molar-refractivity contribution >= 4 is 15.9 Å². The second-order valence-corrected chi connectivity index (χ2v) is 8.02. The van der Waals surface area contributed by atoms with Crippen molar-refractivity contribution in [3.63, 3.8) is 0 Å². The number of nitrogens with one attached hydrogen (secondary N) is 1. The van der Waals surface area contributed by atoms with E-state index in [4.69, 9.17) is 5.21 Å². The van der Waals surface area contributed by atoms with Crippen molar-refractivity contribution in [2.24, 2.45) is 0 Å². The highest BCUT2D eigenvalue weighted by atomic mass is 32.2. The van der Waals surface area contributed by atoms with Crippen LogP contribution in [0.15, 0.2) is 53.4 Å². The molecule has 7 nitrogen and oxygen atoms in total. The Morgan fingerprint density at radius 1 is 1.07 bits per heavy atom. The van der Waals surface area contributed by atoms with Gasteiger partial charge in [-0.25, -0.2) is 13.9 Å². The second-order valence-electron chi connectivity index (χ2n) is 6.13. The molecule has 0 radical (unpaired) electrons. The summed E-state index contributed by atoms with van der Waals surface area (Å²) in [6.07, 6.45) is 0. The first-order valence-electron chi connectivity index (χ1n) is 8.55. The number of aliphatic hydroxyl groups excluding tert-OH is 1. The number of rotatable bonds is 6. The molecule has 0 saturated carbocycles. The molecule has 0 fully saturated rings. The number of sulfonamides is 1. The van der Waals surface area contributed by atoms with Gasteiger partial charge in [-0.1, -0.05) is 29.5 Å². The van der Waals surface area contributed by atoms with E-state index in [9.17, 15) is 18.3 Å². The molecule has 0 heterocycles. The van der Waals surface area contributed by atoms with E-state index in [0.29, 0.717) is 5.56 Å². The summed E-state index contributed by atoms with van der Waals surface area (Å²) in [4.78, 5) is 11.6. The maximum absolute atomic E-state index is 12.8. The Labute approximate surface area is 164 Å². The van der Waals surface area contributed by atoms with Crippen molar-refractivity contribution in [3.8, 4) is 11.8 Å². The van der Waals surface area contributed by atoms with Crippen LogP contribution in [0.1, 0.15) is 23.6 Å². The van der Waals surface area contributed by atoms with E-state index in [0.717, 1.165) is 15.4 Å². The van der Waals surface area contributed by atoms with Gasteiger partial charge in [-0.05, 0) is 50.2 Å². The maximum Gasteiger partial charge on any atom is 0.261 e. The van der Waals surface area contributed by atoms with E-state index in [1.54, 1.807) is 12.1 Å². The van der Waals surface area contributed by atoms with Crippen LogP contribution >= 0.6 is 0 Å². The molecular formula is C20H22N2O5S. The second kappa shape index (κ2) is 9.48. The van der Waals surface area contributed by atoms with Crippen LogP contribution in [0.25, 0.3) is 0 Å². The standard InChI is InChI=1S/C20H22N2O5S/c1-15-3-5-17(6-4-15)7-8-18-9-11-19(12-10-18)28(26,27)22(13-14-23)16(2)20(24)21-25/h3-6,9-12,16,23,25H,13-14H2,1-2H3,(H,21,24)/t16-/m1/s1. The van der Waals surface area contributed by atoms with Crippen molar-refractivity contribution < 1.29 is 23.5 Å². The fraction of sp³-hybridized carbons (Fsp3) is 0.250. The third kappa shape index (κ3) is 5.18. The Kier molecular flexibility index (Phi) is 7.31. The predicted octanol–water partition coefficient (Wildman–Crippen LogP) is 1.27. The van der Waals surface area contributed by atoms with Crippen LogP contribution in [-0.2, 0) is 14.8 Å². The van der Waals surface area contributed by atoms with Crippen LogP contribution < -0.4 is 5.48 Å². The van der Waals surface area contributed by atoms with Crippen LogP contribution in [0.2, 0.25) is 0 Å². The van der Waals surface area contributed by atoms with Gasteiger partial charge in [0.05, 0.1) is 11.5 Å². The molecule has 2 rings (SSSR count). The monoisotopic (exact) mass is 402 g/mol. The Bertz CT molecular complexity index is 974. The minimum Gasteiger partial charge on any atom is -0.395 e. The predicted molar refractivity (Wildman–Crippen MR) is 104 cm³/mol. The number of aliphatic hydroxyl groups is 1. The van der Waals surface area contributed by atoms with Gasteiger partial charge >= 0.3 is 0 Å². The normalized spacial score (nSPS) is 12.2. The van der Waals surface area contributed by atoms with Gasteiger partial charge < -0.3 is 5.11 Å². The van der Waals surface area contributed by atoms with Crippen LogP contribution in [0.5, 0.6) is 0 Å². The van der Waals surface area contributed by atoms with Gasteiger partial charge in [0.1, 0.15) is 6.04 Å². The molecule has 1 amide bonds. The molecule has 0 aliphatic carbocycles. The summed E-state index contributed by atoms with van der Waals surface area (Å²) >= 11 is 0. The van der Waals surface area contributed by atoms with Crippen molar-refractivity contribution in [2.75, 3.05) is 13.2 Å². The number of benzene rings is 2. The quantitative estimate of drug-likeness (QED) is 0.383. The van der Waals surface area contributed by atoms with E-state index in [1.165, 1.54) is 24.5 Å². The number of hydrogen-bond donors (Lipinski definition) is 3. The lowest BCUT2D eigenvalue weighted by atomic mass is 10.1. The van der Waals surface area contributed by atoms with Gasteiger partial charge in [-0.2, -0.15) is 4.31 Å². The van der Waals surface area contributed by atoms with Crippen molar-refractivity contribution in [3.05, 3.63) is 65.2 Å². The summed E-state index contributed by atoms with van der Waals surface area (Å²) in [6, 6.07) is 12.5. The zero-order chi connectivity index (χ0) is 20.7. The fourth-order valence-corrected chi connectivity index (χ4v) is 4.06. The molecule has 0 spiro atoms. The summed E-state index contributed by atoms with van der Waals surface area (Å²) in [5.74, 6) is 5.08. The van der Waals surface area contributed by atoms with Gasteiger partial charge in [0.2, 0.25) is 10.0 Å². The molecule has 0 saturated heterocycles. The lowest BCUT2D eigenvalue weighted by molar-refractivity contribution is -0.132. The van der Waals surface area contributed by atoms with E-state index < -0.39 is 28.6 Å². The zero-order valence-electron chi connectivity index (χ0n) is 15.6. The maximum atomic E-state index is 12.8. The molecule has 3 N–H and O–H groups in total. The molecule has 2 aromatic carbocycles. The summed E-state index contributed by atoms with van der Waals surface area (Å²) < 4.78 is 26.5. The topological polar surface area (TPSA) is 107 Å². The molecule has 0 bridgehead atoms. The Morgan fingerprint density at radius 3 is 2.04 bits per heavy atom. The molecule has 2 aromatic rings. The van der Waals surface area contributed by atoms with E-state index in [2.05, 4.69) is 11.8 Å². The Hall–Kier alpha value is -2.70. The molecule has 0 unspecified atom stereocenters. The summed E-state index contributed by atoms with van der Waals surface area (Å²) in [5.41, 5.74) is 4.04. The van der Waals surface area contributed by atoms with Crippen LogP contribution in [0.4, 0.5) is 0 Å². The van der Waals surface area contributed by atoms with Crippen molar-refractivity contribution in [1.29, 1.82) is 0 Å². The minimum absolute atomic E-state index is 0.0422. The first-order valence-corrected chi connectivity index (χ1v) is 9.99. The number of amides is 1. The molecule has 8 heteroatoms. The lowest BCUT2D eigenvalue weighted by Crippen LogP contribution is -2.48. The molecule has 148 valence electrons. The first kappa shape index (κ1) is 21.6. The number of hydroxylamine groups is 1. The number of carbonyl (C=O) groups excluding carboxylic acids is 1. The molecule has 0 aliphatic heterocycles. The van der Waals surface area contributed by atoms with E-state index in [-0.39, 0.29) is 11.4 Å². The number of aryl methyl sites for hydroxylation is 1. The number of hydrogen-bond acceptors (Lipinski definition) is 5. The van der Waals surface area contributed by atoms with Gasteiger partial charge in [0.15, 0.2) is 0 Å². The third-order valence-electron chi connectivity index (χ3n) is 4.11. The summed E-state index contributed by atoms with van der Waals surface area (Å²) in [5, 5.41) is 17.9. The average Bonchev–Trinajstić information content (AvgIpc) is 2.70. The van der Waals surface area contributed by atoms with Crippen LogP contribution in [0, 0.1) is 18.8 Å². The molecule has 0 aliphatic rings. The fourth-order valence-electron chi connectivity index (χ4n) is 2.47. The van der Waals surface area contributed by atoms with Gasteiger partial charge in [0.25, 0.3) is 5.91 Å². The van der Waals surface area contributed by atoms with Gasteiger partial charge in [0, 0.05) is 17.7 Å². The van der Waals surface area contributed by atoms with E-state index >= 15 is 0 Å². The SMILES string of the molecule is Cc1ccc(C#Cc2ccc(S(=O)(=O)N(CCO)[C@H](C)C(=O)NO)cc2)cc1. The van der Waals surface area contributed by atoms with E-state index in [1.807, 2.05) is 31.2 Å². The number of carbonyl (C=O) groups is 1. The van der Waals surface area contributed by atoms with Gasteiger partial charge in [-0.15, -0.1) is 0 Å². The largest absolute Gasteiger partial charge is 0.395 e. The van der Waals surface area contributed by atoms with Gasteiger partial charge in [-0.3, -0.25) is 10.0 Å². The summed E-state index contributed by atoms with van der Waals surface area (Å²) in [6.45, 7) is 2.55. The molecule has 28 heavy (non-hydrogen) atoms. The summed E-state index contributed by atoms with van der Waals surface area (Å²) in [7, 11) is -4.05. The zero-order valence-corrected chi connectivity index (χ0v) is 16.4. The van der Waals surface area contributed by atoms with Crippen molar-refractivity contribution in [1.82, 2.24) is 9.79 Å². The third-order valence-corrected chi connectivity index (χ3v) is 6.09.